The number of carbonyl (C=O) groups excluding carboxylic acids is 2. The standard InChI is InChI=1S/C47H56FN9O5S2/c1-5-26-64(60,61)55-37-11-7-10-36(41(37)48)42-43(63-45(54-42)47(2,3)4)38-16-21-49-46(52-38)51-32-8-6-9-34(27-32)62-33-19-23-56(24-20-33)22-17-30-18-25-57(29-30)39-14-12-31(28-50-39)35-13-15-40(58)53-44(35)59/h6-12,14,16,21,27-28,30,33,35,55H,5,13,15,17-20,22-26,29H2,1-4H3,(H,49,51,52)(H,53,58,59)/t30-,35+/m1/s1. The zero-order chi connectivity index (χ0) is 45.0. The van der Waals surface area contributed by atoms with E-state index < -0.39 is 15.8 Å². The van der Waals surface area contributed by atoms with E-state index in [9.17, 15) is 18.0 Å². The Labute approximate surface area is 378 Å². The van der Waals surface area contributed by atoms with Gasteiger partial charge in [0.25, 0.3) is 0 Å². The normalized spacial score (nSPS) is 18.9. The molecule has 0 aliphatic carbocycles. The molecular weight excluding hydrogens is 854 g/mol. The minimum absolute atomic E-state index is 0.102. The van der Waals surface area contributed by atoms with Crippen LogP contribution in [0.25, 0.3) is 21.8 Å². The molecule has 338 valence electrons. The number of benzene rings is 2. The fourth-order valence-corrected chi connectivity index (χ4v) is 10.7. The number of rotatable bonds is 15. The van der Waals surface area contributed by atoms with E-state index in [4.69, 9.17) is 19.7 Å². The summed E-state index contributed by atoms with van der Waals surface area (Å²) in [4.78, 5) is 48.3. The number of thiazole rings is 1. The number of hydrogen-bond acceptors (Lipinski definition) is 13. The summed E-state index contributed by atoms with van der Waals surface area (Å²) in [6.45, 7) is 12.8. The zero-order valence-corrected chi connectivity index (χ0v) is 38.4. The van der Waals surface area contributed by atoms with Gasteiger partial charge in [-0.3, -0.25) is 19.6 Å². The van der Waals surface area contributed by atoms with Crippen LogP contribution in [-0.2, 0) is 25.0 Å². The number of amides is 2. The minimum atomic E-state index is -3.72. The topological polar surface area (TPSA) is 172 Å². The van der Waals surface area contributed by atoms with Crippen LogP contribution >= 0.6 is 11.3 Å². The molecule has 0 radical (unpaired) electrons. The Hall–Kier alpha value is -5.52. The van der Waals surface area contributed by atoms with Crippen molar-refractivity contribution in [2.24, 2.45) is 5.92 Å². The van der Waals surface area contributed by atoms with Crippen molar-refractivity contribution < 1.29 is 27.1 Å². The van der Waals surface area contributed by atoms with Crippen molar-refractivity contribution in [3.05, 3.63) is 89.4 Å². The number of pyridine rings is 1. The number of anilines is 4. The number of ether oxygens (including phenoxy) is 1. The number of imide groups is 1. The molecule has 5 aromatic rings. The summed E-state index contributed by atoms with van der Waals surface area (Å²) in [7, 11) is -3.72. The average molecular weight is 910 g/mol. The molecule has 3 N–H and O–H groups in total. The number of likely N-dealkylation sites (tertiary alicyclic amines) is 1. The van der Waals surface area contributed by atoms with E-state index in [1.807, 2.05) is 57.2 Å². The average Bonchev–Trinajstić information content (AvgIpc) is 3.94. The number of aromatic nitrogens is 4. The molecule has 64 heavy (non-hydrogen) atoms. The van der Waals surface area contributed by atoms with Crippen molar-refractivity contribution in [2.75, 3.05) is 53.4 Å². The predicted molar refractivity (Wildman–Crippen MR) is 249 cm³/mol. The van der Waals surface area contributed by atoms with Crippen LogP contribution in [0.2, 0.25) is 0 Å². The lowest BCUT2D eigenvalue weighted by Gasteiger charge is -2.32. The Morgan fingerprint density at radius 2 is 1.78 bits per heavy atom. The van der Waals surface area contributed by atoms with Gasteiger partial charge in [-0.05, 0) is 92.9 Å². The largest absolute Gasteiger partial charge is 0.490 e. The van der Waals surface area contributed by atoms with E-state index in [1.165, 1.54) is 17.4 Å². The lowest BCUT2D eigenvalue weighted by molar-refractivity contribution is -0.134. The highest BCUT2D eigenvalue weighted by Crippen LogP contribution is 2.42. The first-order valence-corrected chi connectivity index (χ1v) is 24.6. The van der Waals surface area contributed by atoms with Crippen LogP contribution in [0.3, 0.4) is 0 Å². The summed E-state index contributed by atoms with van der Waals surface area (Å²) in [6.07, 6.45) is 8.95. The Morgan fingerprint density at radius 3 is 2.53 bits per heavy atom. The number of nitrogens with zero attached hydrogens (tertiary/aromatic N) is 6. The van der Waals surface area contributed by atoms with Gasteiger partial charge in [0.05, 0.1) is 38.6 Å². The fraction of sp³-hybridized carbons (Fsp3) is 0.447. The van der Waals surface area contributed by atoms with Crippen LogP contribution in [0, 0.1) is 11.7 Å². The van der Waals surface area contributed by atoms with E-state index in [1.54, 1.807) is 37.5 Å². The van der Waals surface area contributed by atoms with E-state index in [0.29, 0.717) is 47.4 Å². The SMILES string of the molecule is CCCS(=O)(=O)Nc1cccc(-c2nc(C(C)(C)C)sc2-c2ccnc(Nc3cccc(OC4CCN(CC[C@@H]5CCN(c6ccc([C@@H]7CCC(=O)NC7=O)cn6)C5)CC4)c3)n2)c1F. The summed E-state index contributed by atoms with van der Waals surface area (Å²) in [6, 6.07) is 18.2. The second kappa shape index (κ2) is 19.3. The number of carbonyl (C=O) groups is 2. The Kier molecular flexibility index (Phi) is 13.6. The molecule has 8 rings (SSSR count). The lowest BCUT2D eigenvalue weighted by atomic mass is 9.92. The highest BCUT2D eigenvalue weighted by atomic mass is 32.2. The maximum Gasteiger partial charge on any atom is 0.234 e. The van der Waals surface area contributed by atoms with Crippen molar-refractivity contribution >= 4 is 56.3 Å². The predicted octanol–water partition coefficient (Wildman–Crippen LogP) is 8.27. The number of sulfonamides is 1. The molecule has 3 aliphatic rings. The quantitative estimate of drug-likeness (QED) is 0.0861. The van der Waals surface area contributed by atoms with Crippen molar-refractivity contribution in [2.45, 2.75) is 90.1 Å². The van der Waals surface area contributed by atoms with Crippen LogP contribution in [0.5, 0.6) is 5.75 Å². The van der Waals surface area contributed by atoms with Gasteiger partial charge in [-0.1, -0.05) is 45.9 Å². The van der Waals surface area contributed by atoms with Crippen LogP contribution in [0.15, 0.2) is 73.1 Å². The third-order valence-electron chi connectivity index (χ3n) is 12.0. The molecule has 2 amide bonds. The Morgan fingerprint density at radius 1 is 0.969 bits per heavy atom. The number of halogens is 1. The van der Waals surface area contributed by atoms with E-state index in [0.717, 1.165) is 86.2 Å². The minimum Gasteiger partial charge on any atom is -0.490 e. The summed E-state index contributed by atoms with van der Waals surface area (Å²) >= 11 is 1.42. The molecule has 0 spiro atoms. The van der Waals surface area contributed by atoms with Gasteiger partial charge in [0.2, 0.25) is 27.8 Å². The molecule has 0 saturated carbocycles. The molecule has 17 heteroatoms. The van der Waals surface area contributed by atoms with Gasteiger partial charge in [-0.15, -0.1) is 11.3 Å². The second-order valence-corrected chi connectivity index (χ2v) is 20.8. The summed E-state index contributed by atoms with van der Waals surface area (Å²) < 4.78 is 50.1. The molecule has 3 aromatic heterocycles. The molecule has 3 fully saturated rings. The highest BCUT2D eigenvalue weighted by molar-refractivity contribution is 7.92. The zero-order valence-electron chi connectivity index (χ0n) is 36.8. The van der Waals surface area contributed by atoms with Gasteiger partial charge in [0.1, 0.15) is 17.7 Å². The maximum absolute atomic E-state index is 16.1. The number of piperidine rings is 2. The summed E-state index contributed by atoms with van der Waals surface area (Å²) in [5.41, 5.74) is 2.26. The molecule has 3 aliphatic heterocycles. The Balaban J connectivity index is 0.848. The van der Waals surface area contributed by atoms with Crippen molar-refractivity contribution in [3.63, 3.8) is 0 Å². The van der Waals surface area contributed by atoms with E-state index in [2.05, 4.69) is 30.1 Å². The summed E-state index contributed by atoms with van der Waals surface area (Å²) in [5, 5.41) is 6.54. The second-order valence-electron chi connectivity index (χ2n) is 18.0. The molecule has 6 heterocycles. The number of nitrogens with one attached hydrogen (secondary N) is 3. The Bertz CT molecular complexity index is 2580. The fourth-order valence-electron chi connectivity index (χ4n) is 8.49. The maximum atomic E-state index is 16.1. The number of hydrogen-bond donors (Lipinski definition) is 3. The van der Waals surface area contributed by atoms with Gasteiger partial charge in [0, 0.05) is 67.7 Å². The molecular formula is C47H56FN9O5S2. The molecule has 0 bridgehead atoms. The van der Waals surface area contributed by atoms with Crippen molar-refractivity contribution in [1.29, 1.82) is 0 Å². The van der Waals surface area contributed by atoms with E-state index >= 15 is 4.39 Å². The lowest BCUT2D eigenvalue weighted by Crippen LogP contribution is -2.39. The van der Waals surface area contributed by atoms with Crippen molar-refractivity contribution in [1.82, 2.24) is 30.2 Å². The van der Waals surface area contributed by atoms with Crippen LogP contribution < -0.4 is 25.0 Å². The first kappa shape index (κ1) is 45.1. The molecule has 0 unspecified atom stereocenters. The van der Waals surface area contributed by atoms with Gasteiger partial charge in [-0.25, -0.2) is 32.7 Å². The molecule has 2 aromatic carbocycles. The highest BCUT2D eigenvalue weighted by Gasteiger charge is 2.31. The molecule has 3 saturated heterocycles. The molecule has 2 atom stereocenters. The molecule has 14 nitrogen and oxygen atoms in total. The monoisotopic (exact) mass is 909 g/mol. The van der Waals surface area contributed by atoms with Gasteiger partial charge in [0.15, 0.2) is 5.82 Å². The van der Waals surface area contributed by atoms with Crippen LogP contribution in [0.4, 0.5) is 27.5 Å². The van der Waals surface area contributed by atoms with E-state index in [-0.39, 0.29) is 46.3 Å². The van der Waals surface area contributed by atoms with Gasteiger partial charge in [-0.2, -0.15) is 0 Å². The first-order valence-electron chi connectivity index (χ1n) is 22.2. The van der Waals surface area contributed by atoms with Crippen molar-refractivity contribution in [3.8, 4) is 27.6 Å². The smallest absolute Gasteiger partial charge is 0.234 e. The van der Waals surface area contributed by atoms with Gasteiger partial charge >= 0.3 is 0 Å². The third-order valence-corrected chi connectivity index (χ3v) is 14.9. The summed E-state index contributed by atoms with van der Waals surface area (Å²) in [5.74, 6) is 1.06. The van der Waals surface area contributed by atoms with Crippen LogP contribution in [0.1, 0.15) is 89.1 Å². The van der Waals surface area contributed by atoms with Gasteiger partial charge < -0.3 is 19.9 Å². The third kappa shape index (κ3) is 10.9. The first-order chi connectivity index (χ1) is 30.7. The van der Waals surface area contributed by atoms with Crippen LogP contribution in [-0.4, -0.2) is 89.6 Å².